The van der Waals surface area contributed by atoms with Crippen LogP contribution in [0.3, 0.4) is 0 Å². The number of ether oxygens (including phenoxy) is 1. The molecule has 0 amide bonds. The van der Waals surface area contributed by atoms with Gasteiger partial charge in [-0.3, -0.25) is 0 Å². The molecule has 1 aromatic heterocycles. The fraction of sp³-hybridized carbons (Fsp3) is 0.231. The number of methoxy groups -OCH3 is 1. The Hall–Kier alpha value is -1.78. The van der Waals surface area contributed by atoms with Gasteiger partial charge in [0.2, 0.25) is 15.8 Å². The summed E-state index contributed by atoms with van der Waals surface area (Å²) in [6, 6.07) is 3.76. The van der Waals surface area contributed by atoms with E-state index in [0.717, 1.165) is 19.6 Å². The van der Waals surface area contributed by atoms with E-state index in [1.54, 1.807) is 0 Å². The van der Waals surface area contributed by atoms with Gasteiger partial charge in [-0.1, -0.05) is 23.2 Å². The van der Waals surface area contributed by atoms with Gasteiger partial charge in [-0.2, -0.15) is 13.2 Å². The van der Waals surface area contributed by atoms with Crippen molar-refractivity contribution in [3.05, 3.63) is 40.3 Å². The molecule has 0 aliphatic rings. The first-order valence-corrected chi connectivity index (χ1v) is 8.98. The summed E-state index contributed by atoms with van der Waals surface area (Å²) in [6.45, 7) is 0. The summed E-state index contributed by atoms with van der Waals surface area (Å²) < 4.78 is 68.7. The maximum Gasteiger partial charge on any atom is 0.451 e. The Balaban J connectivity index is 2.79. The average molecular weight is 416 g/mol. The molecule has 6 nitrogen and oxygen atoms in total. The maximum absolute atomic E-state index is 12.9. The van der Waals surface area contributed by atoms with Crippen LogP contribution in [0.15, 0.2) is 24.4 Å². The predicted molar refractivity (Wildman–Crippen MR) is 87.0 cm³/mol. The van der Waals surface area contributed by atoms with Gasteiger partial charge in [-0.25, -0.2) is 22.7 Å². The lowest BCUT2D eigenvalue weighted by atomic mass is 10.3. The number of alkyl halides is 3. The molecule has 0 bridgehead atoms. The van der Waals surface area contributed by atoms with Crippen LogP contribution in [-0.2, 0) is 16.2 Å². The normalized spacial score (nSPS) is 12.1. The quantitative estimate of drug-likeness (QED) is 0.756. The topological polar surface area (TPSA) is 72.4 Å². The number of rotatable bonds is 4. The number of sulfonamides is 1. The van der Waals surface area contributed by atoms with E-state index in [-0.39, 0.29) is 21.5 Å². The summed E-state index contributed by atoms with van der Waals surface area (Å²) in [5.74, 6) is -2.43. The number of aromatic nitrogens is 2. The van der Waals surface area contributed by atoms with Gasteiger partial charge < -0.3 is 4.74 Å². The maximum atomic E-state index is 12.9. The Bertz CT molecular complexity index is 887. The average Bonchev–Trinajstić information content (AvgIpc) is 2.43. The second-order valence-electron chi connectivity index (χ2n) is 4.74. The monoisotopic (exact) mass is 415 g/mol. The summed E-state index contributed by atoms with van der Waals surface area (Å²) in [6.07, 6.45) is -3.36. The zero-order chi connectivity index (χ0) is 19.0. The van der Waals surface area contributed by atoms with Crippen molar-refractivity contribution in [2.45, 2.75) is 6.18 Å². The molecule has 1 heterocycles. The minimum Gasteiger partial charge on any atom is -0.491 e. The van der Waals surface area contributed by atoms with Crippen LogP contribution in [0.4, 0.5) is 24.7 Å². The number of hydrogen-bond donors (Lipinski definition) is 0. The molecule has 2 rings (SSSR count). The van der Waals surface area contributed by atoms with Gasteiger partial charge in [-0.05, 0) is 18.2 Å². The smallest absolute Gasteiger partial charge is 0.451 e. The van der Waals surface area contributed by atoms with Crippen molar-refractivity contribution in [3.63, 3.8) is 0 Å². The molecule has 0 saturated carbocycles. The van der Waals surface area contributed by atoms with E-state index in [0.29, 0.717) is 4.31 Å². The van der Waals surface area contributed by atoms with Crippen LogP contribution in [0, 0.1) is 0 Å². The van der Waals surface area contributed by atoms with Crippen LogP contribution in [0.5, 0.6) is 5.75 Å². The molecule has 0 N–H and O–H groups in total. The lowest BCUT2D eigenvalue weighted by Gasteiger charge is -2.24. The minimum atomic E-state index is -4.88. The van der Waals surface area contributed by atoms with Crippen LogP contribution in [0.2, 0.25) is 10.0 Å². The Kier molecular flexibility index (Phi) is 5.35. The standard InChI is InChI=1S/C13H10Cl2F3N3O3S/c1-24-10-6-19-12(13(16,17)18)20-11(10)21(25(2,22)23)9-4-7(14)3-8(15)5-9/h3-6H,1-2H3. The number of hydrogen-bond acceptors (Lipinski definition) is 5. The molecule has 12 heteroatoms. The fourth-order valence-corrected chi connectivity index (χ4v) is 3.36. The van der Waals surface area contributed by atoms with Crippen LogP contribution in [-0.4, -0.2) is 31.8 Å². The Morgan fingerprint density at radius 2 is 1.72 bits per heavy atom. The Labute approximate surface area is 151 Å². The number of nitrogens with zero attached hydrogens (tertiary/aromatic N) is 3. The molecule has 0 saturated heterocycles. The molecule has 0 radical (unpaired) electrons. The molecular formula is C13H10Cl2F3N3O3S. The molecule has 0 atom stereocenters. The molecule has 2 aromatic rings. The first-order chi connectivity index (χ1) is 11.4. The van der Waals surface area contributed by atoms with Gasteiger partial charge >= 0.3 is 6.18 Å². The number of anilines is 2. The molecule has 1 aromatic carbocycles. The second-order valence-corrected chi connectivity index (χ2v) is 7.44. The van der Waals surface area contributed by atoms with E-state index >= 15 is 0 Å². The van der Waals surface area contributed by atoms with Crippen molar-refractivity contribution in [2.24, 2.45) is 0 Å². The van der Waals surface area contributed by atoms with E-state index in [9.17, 15) is 21.6 Å². The summed E-state index contributed by atoms with van der Waals surface area (Å²) in [5.41, 5.74) is -0.106. The third-order valence-electron chi connectivity index (χ3n) is 2.82. The highest BCUT2D eigenvalue weighted by atomic mass is 35.5. The Morgan fingerprint density at radius 1 is 1.16 bits per heavy atom. The number of halogens is 5. The zero-order valence-corrected chi connectivity index (χ0v) is 15.0. The van der Waals surface area contributed by atoms with Gasteiger partial charge in [0.25, 0.3) is 0 Å². The second kappa shape index (κ2) is 6.85. The first-order valence-electron chi connectivity index (χ1n) is 6.38. The van der Waals surface area contributed by atoms with Crippen molar-refractivity contribution in [2.75, 3.05) is 17.7 Å². The molecule has 136 valence electrons. The molecule has 25 heavy (non-hydrogen) atoms. The van der Waals surface area contributed by atoms with Crippen molar-refractivity contribution in [3.8, 4) is 5.75 Å². The third kappa shape index (κ3) is 4.44. The van der Waals surface area contributed by atoms with Crippen LogP contribution >= 0.6 is 23.2 Å². The first kappa shape index (κ1) is 19.5. The molecule has 0 unspecified atom stereocenters. The van der Waals surface area contributed by atoms with E-state index in [1.807, 2.05) is 0 Å². The number of benzene rings is 1. The molecule has 0 aliphatic heterocycles. The molecular weight excluding hydrogens is 406 g/mol. The third-order valence-corrected chi connectivity index (χ3v) is 4.30. The molecule has 0 aliphatic carbocycles. The molecule has 0 spiro atoms. The predicted octanol–water partition coefficient (Wildman–Crippen LogP) is 3.91. The van der Waals surface area contributed by atoms with E-state index in [1.165, 1.54) is 18.2 Å². The summed E-state index contributed by atoms with van der Waals surface area (Å²) in [7, 11) is -2.98. The van der Waals surface area contributed by atoms with E-state index in [4.69, 9.17) is 27.9 Å². The van der Waals surface area contributed by atoms with Crippen molar-refractivity contribution >= 4 is 44.7 Å². The van der Waals surface area contributed by atoms with Crippen LogP contribution in [0.25, 0.3) is 0 Å². The van der Waals surface area contributed by atoms with E-state index < -0.39 is 27.8 Å². The highest BCUT2D eigenvalue weighted by Gasteiger charge is 2.37. The fourth-order valence-electron chi connectivity index (χ4n) is 1.92. The van der Waals surface area contributed by atoms with Crippen molar-refractivity contribution in [1.82, 2.24) is 9.97 Å². The Morgan fingerprint density at radius 3 is 2.16 bits per heavy atom. The van der Waals surface area contributed by atoms with Gasteiger partial charge in [0.05, 0.1) is 25.2 Å². The van der Waals surface area contributed by atoms with Crippen LogP contribution < -0.4 is 9.04 Å². The highest BCUT2D eigenvalue weighted by molar-refractivity contribution is 7.92. The lowest BCUT2D eigenvalue weighted by Crippen LogP contribution is -2.27. The van der Waals surface area contributed by atoms with Crippen molar-refractivity contribution < 1.29 is 26.3 Å². The summed E-state index contributed by atoms with van der Waals surface area (Å²) >= 11 is 11.7. The lowest BCUT2D eigenvalue weighted by molar-refractivity contribution is -0.144. The summed E-state index contributed by atoms with van der Waals surface area (Å²) in [5, 5.41) is 0.167. The van der Waals surface area contributed by atoms with Crippen molar-refractivity contribution in [1.29, 1.82) is 0 Å². The minimum absolute atomic E-state index is 0.0835. The van der Waals surface area contributed by atoms with Gasteiger partial charge in [0, 0.05) is 10.0 Å². The van der Waals surface area contributed by atoms with Gasteiger partial charge in [0.1, 0.15) is 0 Å². The largest absolute Gasteiger partial charge is 0.491 e. The van der Waals surface area contributed by atoms with Crippen LogP contribution in [0.1, 0.15) is 5.82 Å². The van der Waals surface area contributed by atoms with Gasteiger partial charge in [-0.15, -0.1) is 0 Å². The zero-order valence-electron chi connectivity index (χ0n) is 12.7. The molecule has 0 fully saturated rings. The van der Waals surface area contributed by atoms with E-state index in [2.05, 4.69) is 9.97 Å². The SMILES string of the molecule is COc1cnc(C(F)(F)F)nc1N(c1cc(Cl)cc(Cl)c1)S(C)(=O)=O. The highest BCUT2D eigenvalue weighted by Crippen LogP contribution is 2.38. The summed E-state index contributed by atoms with van der Waals surface area (Å²) in [4.78, 5) is 6.46. The van der Waals surface area contributed by atoms with Gasteiger partial charge in [0.15, 0.2) is 11.6 Å².